The van der Waals surface area contributed by atoms with Crippen LogP contribution in [0.25, 0.3) is 0 Å². The molecule has 0 atom stereocenters. The number of hydrogen-bond donors (Lipinski definition) is 1. The van der Waals surface area contributed by atoms with Crippen molar-refractivity contribution in [2.75, 3.05) is 38.8 Å². The lowest BCUT2D eigenvalue weighted by Crippen LogP contribution is -2.27. The molecule has 1 heterocycles. The SMILES string of the molecule is CCN(CCOC)c1ccc(CNC)cn1. The van der Waals surface area contributed by atoms with Crippen LogP contribution < -0.4 is 10.2 Å². The standard InChI is InChI=1S/C12H21N3O/c1-4-15(7-8-16-3)12-6-5-11(9-13-2)10-14-12/h5-6,10,13H,4,7-9H2,1-3H3. The van der Waals surface area contributed by atoms with E-state index in [4.69, 9.17) is 4.74 Å². The van der Waals surface area contributed by atoms with Crippen molar-refractivity contribution in [3.8, 4) is 0 Å². The summed E-state index contributed by atoms with van der Waals surface area (Å²) in [5.74, 6) is 1.01. The maximum atomic E-state index is 5.08. The number of nitrogens with zero attached hydrogens (tertiary/aromatic N) is 2. The molecular formula is C12H21N3O. The summed E-state index contributed by atoms with van der Waals surface area (Å²) in [6, 6.07) is 4.17. The Balaban J connectivity index is 2.62. The van der Waals surface area contributed by atoms with E-state index in [2.05, 4.69) is 34.3 Å². The molecule has 0 aliphatic heterocycles. The molecule has 0 radical (unpaired) electrons. The third-order valence-corrected chi connectivity index (χ3v) is 2.46. The van der Waals surface area contributed by atoms with Crippen molar-refractivity contribution < 1.29 is 4.74 Å². The Labute approximate surface area is 97.6 Å². The van der Waals surface area contributed by atoms with Crippen LogP contribution in [0, 0.1) is 0 Å². The van der Waals surface area contributed by atoms with Gasteiger partial charge in [0.15, 0.2) is 0 Å². The number of nitrogens with one attached hydrogen (secondary N) is 1. The van der Waals surface area contributed by atoms with Crippen LogP contribution in [0.3, 0.4) is 0 Å². The zero-order chi connectivity index (χ0) is 11.8. The maximum absolute atomic E-state index is 5.08. The van der Waals surface area contributed by atoms with E-state index in [1.54, 1.807) is 7.11 Å². The molecule has 0 unspecified atom stereocenters. The topological polar surface area (TPSA) is 37.4 Å². The summed E-state index contributed by atoms with van der Waals surface area (Å²) in [6.45, 7) is 5.54. The third-order valence-electron chi connectivity index (χ3n) is 2.46. The van der Waals surface area contributed by atoms with Crippen LogP contribution in [0.15, 0.2) is 18.3 Å². The highest BCUT2D eigenvalue weighted by atomic mass is 16.5. The Morgan fingerprint density at radius 1 is 1.44 bits per heavy atom. The van der Waals surface area contributed by atoms with E-state index in [0.717, 1.165) is 32.1 Å². The first-order valence-corrected chi connectivity index (χ1v) is 5.65. The number of hydrogen-bond acceptors (Lipinski definition) is 4. The second-order valence-electron chi connectivity index (χ2n) is 3.63. The van der Waals surface area contributed by atoms with Gasteiger partial charge in [-0.3, -0.25) is 0 Å². The summed E-state index contributed by atoms with van der Waals surface area (Å²) in [4.78, 5) is 6.65. The first-order chi connectivity index (χ1) is 7.81. The van der Waals surface area contributed by atoms with E-state index in [9.17, 15) is 0 Å². The summed E-state index contributed by atoms with van der Waals surface area (Å²) < 4.78 is 5.08. The smallest absolute Gasteiger partial charge is 0.128 e. The molecule has 0 aliphatic carbocycles. The molecule has 1 rings (SSSR count). The number of pyridine rings is 1. The van der Waals surface area contributed by atoms with E-state index in [1.165, 1.54) is 5.56 Å². The molecule has 0 spiro atoms. The van der Waals surface area contributed by atoms with Crippen molar-refractivity contribution in [1.82, 2.24) is 10.3 Å². The predicted octanol–water partition coefficient (Wildman–Crippen LogP) is 1.27. The van der Waals surface area contributed by atoms with Crippen molar-refractivity contribution >= 4 is 5.82 Å². The molecule has 0 aliphatic rings. The maximum Gasteiger partial charge on any atom is 0.128 e. The molecule has 0 bridgehead atoms. The van der Waals surface area contributed by atoms with Gasteiger partial charge in [-0.25, -0.2) is 4.98 Å². The van der Waals surface area contributed by atoms with Crippen LogP contribution in [0.5, 0.6) is 0 Å². The minimum absolute atomic E-state index is 0.730. The lowest BCUT2D eigenvalue weighted by Gasteiger charge is -2.21. The third kappa shape index (κ3) is 3.79. The van der Waals surface area contributed by atoms with Gasteiger partial charge < -0.3 is 15.0 Å². The highest BCUT2D eigenvalue weighted by Crippen LogP contribution is 2.10. The average Bonchev–Trinajstić information content (AvgIpc) is 2.32. The molecule has 1 aromatic heterocycles. The fourth-order valence-corrected chi connectivity index (χ4v) is 1.55. The van der Waals surface area contributed by atoms with Crippen molar-refractivity contribution in [3.63, 3.8) is 0 Å². The Hall–Kier alpha value is -1.13. The molecule has 90 valence electrons. The van der Waals surface area contributed by atoms with Crippen LogP contribution in [0.2, 0.25) is 0 Å². The molecule has 4 heteroatoms. The fourth-order valence-electron chi connectivity index (χ4n) is 1.55. The molecular weight excluding hydrogens is 202 g/mol. The van der Waals surface area contributed by atoms with E-state index in [-0.39, 0.29) is 0 Å². The summed E-state index contributed by atoms with van der Waals surface area (Å²) in [5.41, 5.74) is 1.20. The van der Waals surface area contributed by atoms with E-state index in [1.807, 2.05) is 13.2 Å². The number of anilines is 1. The lowest BCUT2D eigenvalue weighted by molar-refractivity contribution is 0.205. The Bertz CT molecular complexity index is 287. The van der Waals surface area contributed by atoms with E-state index in [0.29, 0.717) is 0 Å². The van der Waals surface area contributed by atoms with Crippen molar-refractivity contribution in [3.05, 3.63) is 23.9 Å². The largest absolute Gasteiger partial charge is 0.383 e. The summed E-state index contributed by atoms with van der Waals surface area (Å²) in [6.07, 6.45) is 1.92. The lowest BCUT2D eigenvalue weighted by atomic mass is 10.3. The van der Waals surface area contributed by atoms with Crippen LogP contribution in [-0.4, -0.2) is 38.8 Å². The highest BCUT2D eigenvalue weighted by Gasteiger charge is 2.04. The van der Waals surface area contributed by atoms with Gasteiger partial charge in [0.25, 0.3) is 0 Å². The number of aromatic nitrogens is 1. The van der Waals surface area contributed by atoms with Crippen molar-refractivity contribution in [2.45, 2.75) is 13.5 Å². The van der Waals surface area contributed by atoms with Gasteiger partial charge in [-0.2, -0.15) is 0 Å². The van der Waals surface area contributed by atoms with Gasteiger partial charge in [0.1, 0.15) is 5.82 Å². The Morgan fingerprint density at radius 2 is 2.25 bits per heavy atom. The molecule has 16 heavy (non-hydrogen) atoms. The van der Waals surface area contributed by atoms with Crippen molar-refractivity contribution in [1.29, 1.82) is 0 Å². The Morgan fingerprint density at radius 3 is 2.75 bits per heavy atom. The first kappa shape index (κ1) is 12.9. The van der Waals surface area contributed by atoms with E-state index < -0.39 is 0 Å². The monoisotopic (exact) mass is 223 g/mol. The minimum Gasteiger partial charge on any atom is -0.383 e. The molecule has 0 saturated heterocycles. The zero-order valence-electron chi connectivity index (χ0n) is 10.4. The van der Waals surface area contributed by atoms with Gasteiger partial charge in [-0.1, -0.05) is 6.07 Å². The van der Waals surface area contributed by atoms with Crippen LogP contribution >= 0.6 is 0 Å². The molecule has 0 fully saturated rings. The quantitative estimate of drug-likeness (QED) is 0.755. The van der Waals surface area contributed by atoms with E-state index >= 15 is 0 Å². The molecule has 0 amide bonds. The molecule has 4 nitrogen and oxygen atoms in total. The second kappa shape index (κ2) is 7.19. The molecule has 1 aromatic rings. The molecule has 0 saturated carbocycles. The summed E-state index contributed by atoms with van der Waals surface area (Å²) in [5, 5.41) is 3.11. The van der Waals surface area contributed by atoms with Gasteiger partial charge >= 0.3 is 0 Å². The van der Waals surface area contributed by atoms with Gasteiger partial charge in [-0.05, 0) is 25.6 Å². The number of likely N-dealkylation sites (N-methyl/N-ethyl adjacent to an activating group) is 1. The van der Waals surface area contributed by atoms with Crippen molar-refractivity contribution in [2.24, 2.45) is 0 Å². The summed E-state index contributed by atoms with van der Waals surface area (Å²) in [7, 11) is 3.65. The minimum atomic E-state index is 0.730. The van der Waals surface area contributed by atoms with Gasteiger partial charge in [-0.15, -0.1) is 0 Å². The molecule has 0 aromatic carbocycles. The number of rotatable bonds is 7. The highest BCUT2D eigenvalue weighted by molar-refractivity contribution is 5.39. The van der Waals surface area contributed by atoms with Crippen LogP contribution in [-0.2, 0) is 11.3 Å². The summed E-state index contributed by atoms with van der Waals surface area (Å²) >= 11 is 0. The van der Waals surface area contributed by atoms with Crippen LogP contribution in [0.1, 0.15) is 12.5 Å². The average molecular weight is 223 g/mol. The molecule has 1 N–H and O–H groups in total. The van der Waals surface area contributed by atoms with Gasteiger partial charge in [0.05, 0.1) is 6.61 Å². The second-order valence-corrected chi connectivity index (χ2v) is 3.63. The fraction of sp³-hybridized carbons (Fsp3) is 0.583. The predicted molar refractivity (Wildman–Crippen MR) is 66.8 cm³/mol. The van der Waals surface area contributed by atoms with Crippen LogP contribution in [0.4, 0.5) is 5.82 Å². The number of methoxy groups -OCH3 is 1. The van der Waals surface area contributed by atoms with Gasteiger partial charge in [0, 0.05) is 32.9 Å². The normalized spacial score (nSPS) is 10.4. The van der Waals surface area contributed by atoms with Gasteiger partial charge in [0.2, 0.25) is 0 Å². The Kier molecular flexibility index (Phi) is 5.82. The first-order valence-electron chi connectivity index (χ1n) is 5.65. The zero-order valence-corrected chi connectivity index (χ0v) is 10.4. The number of ether oxygens (including phenoxy) is 1.